The fourth-order valence-corrected chi connectivity index (χ4v) is 1.30. The van der Waals surface area contributed by atoms with Crippen LogP contribution in [0, 0.1) is 0 Å². The van der Waals surface area contributed by atoms with Crippen molar-refractivity contribution < 1.29 is 5.11 Å². The standard InChI is InChI=1S/C9H12N6O/c1-15-9(12-13-14-15)11-5-6-4-7(10)2-3-8(6)16/h2-4,16H,5,10H2,1H3,(H,11,12,14). The third-order valence-electron chi connectivity index (χ3n) is 2.16. The maximum Gasteiger partial charge on any atom is 0.242 e. The van der Waals surface area contributed by atoms with E-state index in [9.17, 15) is 5.11 Å². The van der Waals surface area contributed by atoms with Gasteiger partial charge in [0.2, 0.25) is 5.95 Å². The minimum absolute atomic E-state index is 0.192. The first-order valence-corrected chi connectivity index (χ1v) is 4.70. The summed E-state index contributed by atoms with van der Waals surface area (Å²) >= 11 is 0. The van der Waals surface area contributed by atoms with Gasteiger partial charge in [-0.1, -0.05) is 5.10 Å². The number of nitrogen functional groups attached to an aromatic ring is 1. The molecule has 1 heterocycles. The number of nitrogens with two attached hydrogens (primary N) is 1. The third-order valence-corrected chi connectivity index (χ3v) is 2.16. The van der Waals surface area contributed by atoms with Gasteiger partial charge in [0.05, 0.1) is 0 Å². The van der Waals surface area contributed by atoms with Crippen molar-refractivity contribution in [3.05, 3.63) is 23.8 Å². The molecule has 0 radical (unpaired) electrons. The minimum atomic E-state index is 0.192. The number of aromatic hydroxyl groups is 1. The number of rotatable bonds is 3. The fraction of sp³-hybridized carbons (Fsp3) is 0.222. The van der Waals surface area contributed by atoms with Gasteiger partial charge in [0, 0.05) is 24.8 Å². The Balaban J connectivity index is 2.10. The fourth-order valence-electron chi connectivity index (χ4n) is 1.30. The number of hydrogen-bond acceptors (Lipinski definition) is 6. The van der Waals surface area contributed by atoms with Gasteiger partial charge in [-0.3, -0.25) is 0 Å². The smallest absolute Gasteiger partial charge is 0.242 e. The molecule has 0 unspecified atom stereocenters. The summed E-state index contributed by atoms with van der Waals surface area (Å²) in [6.45, 7) is 0.408. The van der Waals surface area contributed by atoms with E-state index in [-0.39, 0.29) is 5.75 Å². The minimum Gasteiger partial charge on any atom is -0.508 e. The van der Waals surface area contributed by atoms with Crippen LogP contribution in [-0.4, -0.2) is 25.3 Å². The molecule has 1 aromatic heterocycles. The molecule has 0 saturated carbocycles. The van der Waals surface area contributed by atoms with Gasteiger partial charge in [-0.15, -0.1) is 0 Å². The Morgan fingerprint density at radius 2 is 2.31 bits per heavy atom. The van der Waals surface area contributed by atoms with Crippen LogP contribution in [0.2, 0.25) is 0 Å². The second-order valence-corrected chi connectivity index (χ2v) is 3.37. The lowest BCUT2D eigenvalue weighted by atomic mass is 10.2. The predicted molar refractivity (Wildman–Crippen MR) is 58.6 cm³/mol. The molecule has 0 spiro atoms. The number of hydrogen-bond donors (Lipinski definition) is 3. The van der Waals surface area contributed by atoms with Crippen molar-refractivity contribution in [2.75, 3.05) is 11.1 Å². The Labute approximate surface area is 91.9 Å². The van der Waals surface area contributed by atoms with E-state index in [2.05, 4.69) is 20.8 Å². The van der Waals surface area contributed by atoms with Crippen LogP contribution in [0.3, 0.4) is 0 Å². The van der Waals surface area contributed by atoms with Crippen molar-refractivity contribution in [2.24, 2.45) is 7.05 Å². The van der Waals surface area contributed by atoms with Gasteiger partial charge in [0.15, 0.2) is 0 Å². The normalized spacial score (nSPS) is 10.3. The zero-order valence-electron chi connectivity index (χ0n) is 8.75. The molecule has 4 N–H and O–H groups in total. The van der Waals surface area contributed by atoms with Gasteiger partial charge in [-0.25, -0.2) is 4.68 Å². The number of phenolic OH excluding ortho intramolecular Hbond substituents is 1. The molecule has 0 saturated heterocycles. The van der Waals surface area contributed by atoms with E-state index >= 15 is 0 Å². The Bertz CT molecular complexity index is 494. The summed E-state index contributed by atoms with van der Waals surface area (Å²) in [6.07, 6.45) is 0. The summed E-state index contributed by atoms with van der Waals surface area (Å²) in [5, 5.41) is 23.5. The monoisotopic (exact) mass is 220 g/mol. The molecule has 84 valence electrons. The highest BCUT2D eigenvalue weighted by Gasteiger charge is 2.04. The quantitative estimate of drug-likeness (QED) is 0.501. The van der Waals surface area contributed by atoms with E-state index in [1.165, 1.54) is 4.68 Å². The zero-order valence-corrected chi connectivity index (χ0v) is 8.75. The lowest BCUT2D eigenvalue weighted by Crippen LogP contribution is -2.06. The lowest BCUT2D eigenvalue weighted by molar-refractivity contribution is 0.469. The van der Waals surface area contributed by atoms with Gasteiger partial charge >= 0.3 is 0 Å². The molecule has 1 aromatic carbocycles. The van der Waals surface area contributed by atoms with Crippen LogP contribution >= 0.6 is 0 Å². The van der Waals surface area contributed by atoms with Crippen LogP contribution in [0.1, 0.15) is 5.56 Å². The molecule has 16 heavy (non-hydrogen) atoms. The second-order valence-electron chi connectivity index (χ2n) is 3.37. The first kappa shape index (κ1) is 10.2. The van der Waals surface area contributed by atoms with E-state index < -0.39 is 0 Å². The van der Waals surface area contributed by atoms with Crippen LogP contribution in [0.15, 0.2) is 18.2 Å². The summed E-state index contributed by atoms with van der Waals surface area (Å²) in [4.78, 5) is 0. The van der Waals surface area contributed by atoms with Crippen LogP contribution in [0.25, 0.3) is 0 Å². The van der Waals surface area contributed by atoms with Gasteiger partial charge in [0.25, 0.3) is 0 Å². The number of nitrogens with one attached hydrogen (secondary N) is 1. The van der Waals surface area contributed by atoms with Crippen molar-refractivity contribution >= 4 is 11.6 Å². The average Bonchev–Trinajstić information content (AvgIpc) is 2.66. The van der Waals surface area contributed by atoms with Crippen molar-refractivity contribution in [1.82, 2.24) is 20.2 Å². The number of benzene rings is 1. The summed E-state index contributed by atoms with van der Waals surface area (Å²) in [6, 6.07) is 4.90. The molecular weight excluding hydrogens is 208 g/mol. The molecule has 0 amide bonds. The maximum absolute atomic E-state index is 9.58. The van der Waals surface area contributed by atoms with E-state index in [1.54, 1.807) is 25.2 Å². The van der Waals surface area contributed by atoms with Crippen molar-refractivity contribution in [2.45, 2.75) is 6.54 Å². The zero-order chi connectivity index (χ0) is 11.5. The van der Waals surface area contributed by atoms with Crippen LogP contribution in [0.4, 0.5) is 11.6 Å². The number of aryl methyl sites for hydroxylation is 1. The summed E-state index contributed by atoms with van der Waals surface area (Å²) in [5.74, 6) is 0.721. The maximum atomic E-state index is 9.58. The Hall–Kier alpha value is -2.31. The SMILES string of the molecule is Cn1nnnc1NCc1cc(N)ccc1O. The summed E-state index contributed by atoms with van der Waals surface area (Å²) in [7, 11) is 1.72. The molecule has 7 nitrogen and oxygen atoms in total. The van der Waals surface area contributed by atoms with E-state index in [1.807, 2.05) is 0 Å². The van der Waals surface area contributed by atoms with Gasteiger partial charge < -0.3 is 16.2 Å². The molecule has 0 aliphatic carbocycles. The van der Waals surface area contributed by atoms with Gasteiger partial charge in [-0.2, -0.15) is 0 Å². The average molecular weight is 220 g/mol. The van der Waals surface area contributed by atoms with E-state index in [0.717, 1.165) is 0 Å². The van der Waals surface area contributed by atoms with E-state index in [4.69, 9.17) is 5.73 Å². The second kappa shape index (κ2) is 4.05. The molecule has 2 aromatic rings. The number of nitrogens with zero attached hydrogens (tertiary/aromatic N) is 4. The molecular formula is C9H12N6O. The molecule has 0 bridgehead atoms. The van der Waals surface area contributed by atoms with Gasteiger partial charge in [-0.05, 0) is 28.6 Å². The van der Waals surface area contributed by atoms with Crippen molar-refractivity contribution in [1.29, 1.82) is 0 Å². The highest BCUT2D eigenvalue weighted by atomic mass is 16.3. The number of tetrazole rings is 1. The predicted octanol–water partition coefficient (Wildman–Crippen LogP) is 0.110. The summed E-state index contributed by atoms with van der Waals surface area (Å²) < 4.78 is 1.50. The lowest BCUT2D eigenvalue weighted by Gasteiger charge is -2.07. The molecule has 7 heteroatoms. The molecule has 0 aliphatic rings. The Morgan fingerprint density at radius 3 is 3.00 bits per heavy atom. The molecule has 0 aliphatic heterocycles. The molecule has 0 atom stereocenters. The van der Waals surface area contributed by atoms with Gasteiger partial charge in [0.1, 0.15) is 5.75 Å². The van der Waals surface area contributed by atoms with Crippen molar-refractivity contribution in [3.63, 3.8) is 0 Å². The first-order valence-electron chi connectivity index (χ1n) is 4.70. The first-order chi connectivity index (χ1) is 7.66. The topological polar surface area (TPSA) is 102 Å². The Morgan fingerprint density at radius 1 is 1.50 bits per heavy atom. The highest BCUT2D eigenvalue weighted by Crippen LogP contribution is 2.20. The number of anilines is 2. The van der Waals surface area contributed by atoms with Crippen molar-refractivity contribution in [3.8, 4) is 5.75 Å². The van der Waals surface area contributed by atoms with E-state index in [0.29, 0.717) is 23.7 Å². The van der Waals surface area contributed by atoms with Crippen LogP contribution in [-0.2, 0) is 13.6 Å². The highest BCUT2D eigenvalue weighted by molar-refractivity contribution is 5.48. The largest absolute Gasteiger partial charge is 0.508 e. The third kappa shape index (κ3) is 2.02. The molecule has 0 fully saturated rings. The number of aromatic nitrogens is 4. The van der Waals surface area contributed by atoms with Crippen LogP contribution in [0.5, 0.6) is 5.75 Å². The number of phenols is 1. The van der Waals surface area contributed by atoms with Crippen LogP contribution < -0.4 is 11.1 Å². The Kier molecular flexibility index (Phi) is 2.59. The summed E-state index contributed by atoms with van der Waals surface area (Å²) in [5.41, 5.74) is 6.92. The molecule has 2 rings (SSSR count).